The molecule has 3 heteroatoms. The molecule has 1 aromatic heterocycles. The summed E-state index contributed by atoms with van der Waals surface area (Å²) in [5.74, 6) is 0.926. The van der Waals surface area contributed by atoms with E-state index in [2.05, 4.69) is 41.2 Å². The zero-order chi connectivity index (χ0) is 14.9. The number of benzene rings is 1. The lowest BCUT2D eigenvalue weighted by Gasteiger charge is -2.18. The molecule has 2 aromatic rings. The number of aryl methyl sites for hydroxylation is 1. The van der Waals surface area contributed by atoms with E-state index >= 15 is 0 Å². The Kier molecular flexibility index (Phi) is 6.77. The second kappa shape index (κ2) is 8.85. The van der Waals surface area contributed by atoms with Gasteiger partial charge in [-0.15, -0.1) is 0 Å². The highest BCUT2D eigenvalue weighted by molar-refractivity contribution is 7.07. The van der Waals surface area contributed by atoms with Crippen molar-refractivity contribution in [1.29, 1.82) is 0 Å². The van der Waals surface area contributed by atoms with E-state index in [0.717, 1.165) is 25.1 Å². The average molecular weight is 303 g/mol. The van der Waals surface area contributed by atoms with E-state index in [0.29, 0.717) is 6.04 Å². The number of hydrogen-bond acceptors (Lipinski definition) is 3. The largest absolute Gasteiger partial charge is 0.497 e. The third kappa shape index (κ3) is 5.52. The van der Waals surface area contributed by atoms with Crippen molar-refractivity contribution in [2.24, 2.45) is 0 Å². The fourth-order valence-electron chi connectivity index (χ4n) is 2.45. The van der Waals surface area contributed by atoms with Gasteiger partial charge in [-0.1, -0.05) is 19.1 Å². The predicted octanol–water partition coefficient (Wildman–Crippen LogP) is 4.30. The van der Waals surface area contributed by atoms with Gasteiger partial charge in [-0.2, -0.15) is 11.3 Å². The maximum absolute atomic E-state index is 5.22. The van der Waals surface area contributed by atoms with E-state index in [1.165, 1.54) is 24.0 Å². The topological polar surface area (TPSA) is 21.3 Å². The molecule has 0 amide bonds. The Hall–Kier alpha value is -1.32. The van der Waals surface area contributed by atoms with Gasteiger partial charge < -0.3 is 10.1 Å². The van der Waals surface area contributed by atoms with E-state index < -0.39 is 0 Å². The van der Waals surface area contributed by atoms with Crippen LogP contribution in [0, 0.1) is 0 Å². The molecule has 0 bridgehead atoms. The van der Waals surface area contributed by atoms with Crippen molar-refractivity contribution in [2.45, 2.75) is 38.6 Å². The molecule has 2 rings (SSSR count). The quantitative estimate of drug-likeness (QED) is 0.745. The summed E-state index contributed by atoms with van der Waals surface area (Å²) in [6, 6.07) is 11.2. The predicted molar refractivity (Wildman–Crippen MR) is 91.4 cm³/mol. The van der Waals surface area contributed by atoms with Crippen LogP contribution in [0.5, 0.6) is 5.75 Å². The fraction of sp³-hybridized carbons (Fsp3) is 0.444. The lowest BCUT2D eigenvalue weighted by molar-refractivity contribution is 0.414. The molecule has 1 aromatic carbocycles. The molecule has 1 unspecified atom stereocenters. The summed E-state index contributed by atoms with van der Waals surface area (Å²) in [6.45, 7) is 3.31. The van der Waals surface area contributed by atoms with Gasteiger partial charge >= 0.3 is 0 Å². The smallest absolute Gasteiger partial charge is 0.118 e. The second-order valence-corrected chi connectivity index (χ2v) is 6.15. The van der Waals surface area contributed by atoms with Crippen LogP contribution in [0.2, 0.25) is 0 Å². The van der Waals surface area contributed by atoms with Crippen LogP contribution in [0.3, 0.4) is 0 Å². The summed E-state index contributed by atoms with van der Waals surface area (Å²) in [5.41, 5.74) is 2.83. The van der Waals surface area contributed by atoms with Gasteiger partial charge in [-0.05, 0) is 72.3 Å². The van der Waals surface area contributed by atoms with Crippen molar-refractivity contribution in [3.05, 3.63) is 52.2 Å². The maximum atomic E-state index is 5.22. The van der Waals surface area contributed by atoms with Crippen molar-refractivity contribution < 1.29 is 4.74 Å². The van der Waals surface area contributed by atoms with Gasteiger partial charge in [0.25, 0.3) is 0 Å². The van der Waals surface area contributed by atoms with Crippen molar-refractivity contribution in [2.75, 3.05) is 13.7 Å². The number of methoxy groups -OCH3 is 1. The first-order chi connectivity index (χ1) is 10.3. The number of nitrogens with one attached hydrogen (secondary N) is 1. The van der Waals surface area contributed by atoms with Crippen LogP contribution < -0.4 is 10.1 Å². The molecular formula is C18H25NOS. The zero-order valence-electron chi connectivity index (χ0n) is 13.0. The molecule has 0 saturated carbocycles. The molecule has 0 radical (unpaired) electrons. The van der Waals surface area contributed by atoms with Crippen LogP contribution in [-0.4, -0.2) is 19.7 Å². The van der Waals surface area contributed by atoms with Crippen LogP contribution in [-0.2, 0) is 12.8 Å². The second-order valence-electron chi connectivity index (χ2n) is 5.37. The van der Waals surface area contributed by atoms with Crippen LogP contribution in [0.25, 0.3) is 0 Å². The summed E-state index contributed by atoms with van der Waals surface area (Å²) < 4.78 is 5.22. The number of ether oxygens (including phenoxy) is 1. The van der Waals surface area contributed by atoms with Crippen LogP contribution in [0.4, 0.5) is 0 Å². The molecule has 0 saturated heterocycles. The van der Waals surface area contributed by atoms with Crippen LogP contribution in [0.15, 0.2) is 41.1 Å². The van der Waals surface area contributed by atoms with E-state index in [1.54, 1.807) is 18.4 Å². The van der Waals surface area contributed by atoms with Crippen molar-refractivity contribution in [3.8, 4) is 5.75 Å². The summed E-state index contributed by atoms with van der Waals surface area (Å²) in [4.78, 5) is 0. The molecule has 1 N–H and O–H groups in total. The molecule has 0 aliphatic heterocycles. The standard InChI is InChI=1S/C18H25NOS/c1-3-11-19-17(7-4-16-10-12-21-14-16)13-15-5-8-18(20-2)9-6-15/h5-6,8-10,12,14,17,19H,3-4,7,11,13H2,1-2H3. The lowest BCUT2D eigenvalue weighted by Crippen LogP contribution is -2.32. The highest BCUT2D eigenvalue weighted by Gasteiger charge is 2.09. The molecule has 21 heavy (non-hydrogen) atoms. The van der Waals surface area contributed by atoms with Gasteiger partial charge in [0, 0.05) is 6.04 Å². The molecule has 0 aliphatic carbocycles. The Bertz CT molecular complexity index is 492. The van der Waals surface area contributed by atoms with Gasteiger partial charge in [0.05, 0.1) is 7.11 Å². The average Bonchev–Trinajstić information content (AvgIpc) is 3.04. The Labute approximate surface area is 132 Å². The minimum Gasteiger partial charge on any atom is -0.497 e. The lowest BCUT2D eigenvalue weighted by atomic mass is 10.00. The number of rotatable bonds is 9. The molecule has 2 nitrogen and oxygen atoms in total. The summed E-state index contributed by atoms with van der Waals surface area (Å²) >= 11 is 1.78. The Morgan fingerprint density at radius 2 is 1.95 bits per heavy atom. The normalized spacial score (nSPS) is 12.3. The summed E-state index contributed by atoms with van der Waals surface area (Å²) in [7, 11) is 1.71. The molecule has 0 fully saturated rings. The molecule has 1 atom stereocenters. The maximum Gasteiger partial charge on any atom is 0.118 e. The molecule has 0 aliphatic rings. The van der Waals surface area contributed by atoms with E-state index in [4.69, 9.17) is 4.74 Å². The monoisotopic (exact) mass is 303 g/mol. The van der Waals surface area contributed by atoms with Crippen molar-refractivity contribution in [1.82, 2.24) is 5.32 Å². The first kappa shape index (κ1) is 16.1. The Morgan fingerprint density at radius 3 is 2.57 bits per heavy atom. The SMILES string of the molecule is CCCNC(CCc1ccsc1)Cc1ccc(OC)cc1. The zero-order valence-corrected chi connectivity index (χ0v) is 13.8. The first-order valence-corrected chi connectivity index (χ1v) is 8.63. The Morgan fingerprint density at radius 1 is 1.14 bits per heavy atom. The fourth-order valence-corrected chi connectivity index (χ4v) is 3.15. The van der Waals surface area contributed by atoms with Crippen molar-refractivity contribution >= 4 is 11.3 Å². The number of hydrogen-bond donors (Lipinski definition) is 1. The molecular weight excluding hydrogens is 278 g/mol. The van der Waals surface area contributed by atoms with Gasteiger partial charge in [0.2, 0.25) is 0 Å². The Balaban J connectivity index is 1.90. The van der Waals surface area contributed by atoms with E-state index in [1.807, 2.05) is 12.1 Å². The third-order valence-electron chi connectivity index (χ3n) is 3.69. The summed E-state index contributed by atoms with van der Waals surface area (Å²) in [5, 5.41) is 8.10. The molecule has 114 valence electrons. The van der Waals surface area contributed by atoms with Crippen molar-refractivity contribution in [3.63, 3.8) is 0 Å². The molecule has 0 spiro atoms. The highest BCUT2D eigenvalue weighted by Crippen LogP contribution is 2.15. The first-order valence-electron chi connectivity index (χ1n) is 7.69. The summed E-state index contributed by atoms with van der Waals surface area (Å²) in [6.07, 6.45) is 4.59. The molecule has 1 heterocycles. The third-order valence-corrected chi connectivity index (χ3v) is 4.42. The van der Waals surface area contributed by atoms with E-state index in [-0.39, 0.29) is 0 Å². The van der Waals surface area contributed by atoms with Gasteiger partial charge in [-0.3, -0.25) is 0 Å². The van der Waals surface area contributed by atoms with Crippen LogP contribution in [0.1, 0.15) is 30.9 Å². The van der Waals surface area contributed by atoms with Crippen LogP contribution >= 0.6 is 11.3 Å². The number of thiophene rings is 1. The minimum absolute atomic E-state index is 0.540. The van der Waals surface area contributed by atoms with Gasteiger partial charge in [-0.25, -0.2) is 0 Å². The minimum atomic E-state index is 0.540. The highest BCUT2D eigenvalue weighted by atomic mass is 32.1. The van der Waals surface area contributed by atoms with Gasteiger partial charge in [0.15, 0.2) is 0 Å². The van der Waals surface area contributed by atoms with E-state index in [9.17, 15) is 0 Å². The van der Waals surface area contributed by atoms with Gasteiger partial charge in [0.1, 0.15) is 5.75 Å².